The van der Waals surface area contributed by atoms with Gasteiger partial charge in [-0.25, -0.2) is 0 Å². The molecule has 1 saturated heterocycles. The minimum Gasteiger partial charge on any atom is -0.483 e. The van der Waals surface area contributed by atoms with Gasteiger partial charge in [0.15, 0.2) is 6.61 Å². The number of nitrogens with zero attached hydrogens (tertiary/aromatic N) is 1. The van der Waals surface area contributed by atoms with Gasteiger partial charge in [0.25, 0.3) is 5.91 Å². The number of amides is 1. The zero-order valence-corrected chi connectivity index (χ0v) is 17.2. The molecule has 1 aliphatic rings. The fraction of sp³-hybridized carbons (Fsp3) is 0.409. The van der Waals surface area contributed by atoms with E-state index >= 15 is 0 Å². The van der Waals surface area contributed by atoms with Crippen LogP contribution in [0.25, 0.3) is 0 Å². The summed E-state index contributed by atoms with van der Waals surface area (Å²) in [5.74, 6) is 0.616. The summed E-state index contributed by atoms with van der Waals surface area (Å²) in [4.78, 5) is 14.7. The third kappa shape index (κ3) is 5.47. The molecular formula is C22H27ClN2O3. The molecule has 0 spiro atoms. The van der Waals surface area contributed by atoms with Crippen LogP contribution >= 0.6 is 11.6 Å². The van der Waals surface area contributed by atoms with Gasteiger partial charge in [-0.3, -0.25) is 9.69 Å². The Balaban J connectivity index is 1.60. The number of rotatable bonds is 7. The maximum atomic E-state index is 12.4. The third-order valence-corrected chi connectivity index (χ3v) is 5.40. The van der Waals surface area contributed by atoms with Crippen LogP contribution in [0.1, 0.15) is 22.7 Å². The molecule has 0 aliphatic carbocycles. The number of halogens is 1. The monoisotopic (exact) mass is 402 g/mol. The second-order valence-electron chi connectivity index (χ2n) is 7.01. The summed E-state index contributed by atoms with van der Waals surface area (Å²) in [5, 5.41) is 3.72. The number of benzene rings is 2. The van der Waals surface area contributed by atoms with Gasteiger partial charge in [-0.15, -0.1) is 0 Å². The molecule has 1 heterocycles. The molecule has 6 heteroatoms. The lowest BCUT2D eigenvalue weighted by Gasteiger charge is -2.35. The van der Waals surface area contributed by atoms with Gasteiger partial charge >= 0.3 is 0 Å². The molecule has 1 aliphatic heterocycles. The number of ether oxygens (including phenoxy) is 2. The first kappa shape index (κ1) is 20.6. The Morgan fingerprint density at radius 1 is 1.18 bits per heavy atom. The molecule has 0 aromatic heterocycles. The van der Waals surface area contributed by atoms with Gasteiger partial charge in [-0.1, -0.05) is 35.9 Å². The van der Waals surface area contributed by atoms with Crippen LogP contribution in [-0.4, -0.2) is 50.3 Å². The number of carbonyl (C=O) groups excluding carboxylic acids is 1. The van der Waals surface area contributed by atoms with Gasteiger partial charge in [0.05, 0.1) is 19.3 Å². The van der Waals surface area contributed by atoms with Crippen molar-refractivity contribution in [3.63, 3.8) is 0 Å². The van der Waals surface area contributed by atoms with Gasteiger partial charge in [0, 0.05) is 24.7 Å². The SMILES string of the molecule is Cc1cccc(OCC(=O)NC[C@H](c2ccc(Cl)cc2)N2CCOCC2)c1C. The van der Waals surface area contributed by atoms with Crippen molar-refractivity contribution in [1.29, 1.82) is 0 Å². The highest BCUT2D eigenvalue weighted by Gasteiger charge is 2.23. The number of morpholine rings is 1. The lowest BCUT2D eigenvalue weighted by Crippen LogP contribution is -2.44. The number of carbonyl (C=O) groups is 1. The Hall–Kier alpha value is -2.08. The molecule has 150 valence electrons. The molecule has 0 radical (unpaired) electrons. The first-order valence-electron chi connectivity index (χ1n) is 9.57. The summed E-state index contributed by atoms with van der Waals surface area (Å²) in [6, 6.07) is 13.7. The molecule has 1 amide bonds. The second-order valence-corrected chi connectivity index (χ2v) is 7.44. The molecule has 0 bridgehead atoms. The van der Waals surface area contributed by atoms with Gasteiger partial charge in [0.1, 0.15) is 5.75 Å². The van der Waals surface area contributed by atoms with E-state index in [-0.39, 0.29) is 18.6 Å². The highest BCUT2D eigenvalue weighted by atomic mass is 35.5. The van der Waals surface area contributed by atoms with Crippen molar-refractivity contribution >= 4 is 17.5 Å². The Bertz CT molecular complexity index is 789. The molecule has 1 fully saturated rings. The van der Waals surface area contributed by atoms with Gasteiger partial charge in [0.2, 0.25) is 0 Å². The second kappa shape index (κ2) is 9.92. The van der Waals surface area contributed by atoms with Crippen LogP contribution in [0.4, 0.5) is 0 Å². The minimum absolute atomic E-state index is 0.000736. The summed E-state index contributed by atoms with van der Waals surface area (Å²) in [6.45, 7) is 7.61. The van der Waals surface area contributed by atoms with E-state index in [9.17, 15) is 4.79 Å². The lowest BCUT2D eigenvalue weighted by molar-refractivity contribution is -0.123. The predicted octanol–water partition coefficient (Wildman–Crippen LogP) is 3.53. The summed E-state index contributed by atoms with van der Waals surface area (Å²) in [5.41, 5.74) is 3.33. The molecule has 5 nitrogen and oxygen atoms in total. The van der Waals surface area contributed by atoms with Crippen LogP contribution in [-0.2, 0) is 9.53 Å². The van der Waals surface area contributed by atoms with Crippen molar-refractivity contribution in [3.05, 3.63) is 64.2 Å². The maximum absolute atomic E-state index is 12.4. The number of nitrogens with one attached hydrogen (secondary N) is 1. The normalized spacial score (nSPS) is 15.8. The summed E-state index contributed by atoms with van der Waals surface area (Å²) >= 11 is 6.03. The number of hydrogen-bond acceptors (Lipinski definition) is 4. The molecule has 2 aromatic carbocycles. The zero-order valence-electron chi connectivity index (χ0n) is 16.4. The number of aryl methyl sites for hydroxylation is 1. The largest absolute Gasteiger partial charge is 0.483 e. The Morgan fingerprint density at radius 3 is 2.61 bits per heavy atom. The van der Waals surface area contributed by atoms with Crippen molar-refractivity contribution in [3.8, 4) is 5.75 Å². The lowest BCUT2D eigenvalue weighted by atomic mass is 10.0. The van der Waals surface area contributed by atoms with E-state index in [0.717, 1.165) is 35.5 Å². The van der Waals surface area contributed by atoms with E-state index in [0.29, 0.717) is 24.8 Å². The highest BCUT2D eigenvalue weighted by Crippen LogP contribution is 2.23. The average molecular weight is 403 g/mol. The van der Waals surface area contributed by atoms with Gasteiger partial charge in [-0.05, 0) is 48.7 Å². The molecule has 28 heavy (non-hydrogen) atoms. The Kier molecular flexibility index (Phi) is 7.31. The first-order chi connectivity index (χ1) is 13.5. The summed E-state index contributed by atoms with van der Waals surface area (Å²) < 4.78 is 11.2. The third-order valence-electron chi connectivity index (χ3n) is 5.15. The fourth-order valence-corrected chi connectivity index (χ4v) is 3.44. The average Bonchev–Trinajstić information content (AvgIpc) is 2.71. The van der Waals surface area contributed by atoms with E-state index in [2.05, 4.69) is 10.2 Å². The topological polar surface area (TPSA) is 50.8 Å². The quantitative estimate of drug-likeness (QED) is 0.769. The summed E-state index contributed by atoms with van der Waals surface area (Å²) in [6.07, 6.45) is 0. The first-order valence-corrected chi connectivity index (χ1v) is 9.95. The van der Waals surface area contributed by atoms with Crippen LogP contribution in [0.15, 0.2) is 42.5 Å². The van der Waals surface area contributed by atoms with Crippen molar-refractivity contribution < 1.29 is 14.3 Å². The standard InChI is InChI=1S/C22H27ClN2O3/c1-16-4-3-5-21(17(16)2)28-15-22(26)24-14-20(25-10-12-27-13-11-25)18-6-8-19(23)9-7-18/h3-9,20H,10-15H2,1-2H3,(H,24,26)/t20-/m1/s1. The molecule has 1 N–H and O–H groups in total. The number of hydrogen-bond donors (Lipinski definition) is 1. The molecule has 2 aromatic rings. The van der Waals surface area contributed by atoms with Crippen LogP contribution in [0.5, 0.6) is 5.75 Å². The zero-order chi connectivity index (χ0) is 19.9. The molecule has 0 saturated carbocycles. The predicted molar refractivity (Wildman–Crippen MR) is 111 cm³/mol. The fourth-order valence-electron chi connectivity index (χ4n) is 3.32. The van der Waals surface area contributed by atoms with E-state index in [1.54, 1.807) is 0 Å². The van der Waals surface area contributed by atoms with Crippen molar-refractivity contribution in [2.75, 3.05) is 39.5 Å². The maximum Gasteiger partial charge on any atom is 0.258 e. The highest BCUT2D eigenvalue weighted by molar-refractivity contribution is 6.30. The smallest absolute Gasteiger partial charge is 0.258 e. The minimum atomic E-state index is -0.131. The van der Waals surface area contributed by atoms with Crippen molar-refractivity contribution in [2.45, 2.75) is 19.9 Å². The van der Waals surface area contributed by atoms with Gasteiger partial charge < -0.3 is 14.8 Å². The molecule has 3 rings (SSSR count). The van der Waals surface area contributed by atoms with Crippen LogP contribution in [0.2, 0.25) is 5.02 Å². The van der Waals surface area contributed by atoms with Crippen molar-refractivity contribution in [2.24, 2.45) is 0 Å². The Morgan fingerprint density at radius 2 is 1.89 bits per heavy atom. The van der Waals surface area contributed by atoms with Crippen molar-refractivity contribution in [1.82, 2.24) is 10.2 Å². The van der Waals surface area contributed by atoms with E-state index in [1.165, 1.54) is 0 Å². The Labute approximate surface area is 171 Å². The molecular weight excluding hydrogens is 376 g/mol. The van der Waals surface area contributed by atoms with E-state index in [4.69, 9.17) is 21.1 Å². The van der Waals surface area contributed by atoms with Crippen LogP contribution in [0, 0.1) is 13.8 Å². The van der Waals surface area contributed by atoms with Crippen LogP contribution < -0.4 is 10.1 Å². The van der Waals surface area contributed by atoms with Gasteiger partial charge in [-0.2, -0.15) is 0 Å². The molecule has 0 unspecified atom stereocenters. The van der Waals surface area contributed by atoms with E-state index < -0.39 is 0 Å². The van der Waals surface area contributed by atoms with Crippen LogP contribution in [0.3, 0.4) is 0 Å². The molecule has 1 atom stereocenters. The van der Waals surface area contributed by atoms with E-state index in [1.807, 2.05) is 56.3 Å². The summed E-state index contributed by atoms with van der Waals surface area (Å²) in [7, 11) is 0.